The van der Waals surface area contributed by atoms with Crippen molar-refractivity contribution in [1.29, 1.82) is 0 Å². The standard InChI is InChI=1S/C16H17ClN2O3S3/c17-14-3-4-15(24-14)25(21,22)19-7-1-2-12(19)16(20)18-8-5-13-11(10-18)6-9-23-13/h3-4,6,9,12H,1-2,5,7-8,10H2. The Bertz CT molecular complexity index is 905. The molecule has 9 heteroatoms. The fourth-order valence-electron chi connectivity index (χ4n) is 3.47. The van der Waals surface area contributed by atoms with E-state index >= 15 is 0 Å². The summed E-state index contributed by atoms with van der Waals surface area (Å²) in [5.74, 6) is -0.0828. The van der Waals surface area contributed by atoms with E-state index < -0.39 is 16.1 Å². The van der Waals surface area contributed by atoms with Crippen molar-refractivity contribution < 1.29 is 13.2 Å². The summed E-state index contributed by atoms with van der Waals surface area (Å²) in [6.07, 6.45) is 2.12. The van der Waals surface area contributed by atoms with Crippen molar-refractivity contribution in [2.45, 2.75) is 36.1 Å². The molecule has 1 atom stereocenters. The van der Waals surface area contributed by atoms with Crippen LogP contribution in [0.25, 0.3) is 0 Å². The van der Waals surface area contributed by atoms with E-state index in [1.807, 2.05) is 5.38 Å². The van der Waals surface area contributed by atoms with E-state index in [4.69, 9.17) is 11.6 Å². The summed E-state index contributed by atoms with van der Waals surface area (Å²) in [4.78, 5) is 16.2. The van der Waals surface area contributed by atoms with Gasteiger partial charge in [0.1, 0.15) is 10.3 Å². The fraction of sp³-hybridized carbons (Fsp3) is 0.438. The Hall–Kier alpha value is -0.930. The summed E-state index contributed by atoms with van der Waals surface area (Å²) < 4.78 is 27.8. The summed E-state index contributed by atoms with van der Waals surface area (Å²) in [5.41, 5.74) is 1.18. The minimum Gasteiger partial charge on any atom is -0.337 e. The van der Waals surface area contributed by atoms with Gasteiger partial charge in [-0.15, -0.1) is 22.7 Å². The van der Waals surface area contributed by atoms with Gasteiger partial charge in [0.15, 0.2) is 0 Å². The Kier molecular flexibility index (Phi) is 4.66. The lowest BCUT2D eigenvalue weighted by Gasteiger charge is -2.32. The minimum atomic E-state index is -3.68. The highest BCUT2D eigenvalue weighted by atomic mass is 35.5. The van der Waals surface area contributed by atoms with Crippen LogP contribution in [0.4, 0.5) is 0 Å². The van der Waals surface area contributed by atoms with Crippen LogP contribution in [0.3, 0.4) is 0 Å². The molecule has 1 amide bonds. The largest absolute Gasteiger partial charge is 0.337 e. The summed E-state index contributed by atoms with van der Waals surface area (Å²) in [6.45, 7) is 1.61. The number of amides is 1. The molecule has 0 aromatic carbocycles. The van der Waals surface area contributed by atoms with E-state index in [0.29, 0.717) is 36.8 Å². The van der Waals surface area contributed by atoms with E-state index in [1.54, 1.807) is 22.3 Å². The molecule has 5 nitrogen and oxygen atoms in total. The lowest BCUT2D eigenvalue weighted by molar-refractivity contribution is -0.135. The lowest BCUT2D eigenvalue weighted by atomic mass is 10.1. The number of fused-ring (bicyclic) bond motifs is 1. The van der Waals surface area contributed by atoms with Gasteiger partial charge >= 0.3 is 0 Å². The monoisotopic (exact) mass is 416 g/mol. The molecule has 0 spiro atoms. The highest BCUT2D eigenvalue weighted by Crippen LogP contribution is 2.33. The normalized spacial score (nSPS) is 21.5. The van der Waals surface area contributed by atoms with Crippen LogP contribution in [0.5, 0.6) is 0 Å². The topological polar surface area (TPSA) is 57.7 Å². The first-order valence-corrected chi connectivity index (χ1v) is 11.6. The van der Waals surface area contributed by atoms with E-state index in [2.05, 4.69) is 6.07 Å². The molecule has 4 heterocycles. The van der Waals surface area contributed by atoms with E-state index in [0.717, 1.165) is 17.8 Å². The number of thiophene rings is 2. The van der Waals surface area contributed by atoms with Crippen LogP contribution in [0.2, 0.25) is 4.34 Å². The molecule has 1 saturated heterocycles. The second-order valence-electron chi connectivity index (χ2n) is 6.21. The van der Waals surface area contributed by atoms with Crippen molar-refractivity contribution >= 4 is 50.2 Å². The minimum absolute atomic E-state index is 0.0828. The van der Waals surface area contributed by atoms with Crippen LogP contribution >= 0.6 is 34.3 Å². The molecule has 2 aliphatic rings. The van der Waals surface area contributed by atoms with Crippen molar-refractivity contribution in [1.82, 2.24) is 9.21 Å². The summed E-state index contributed by atoms with van der Waals surface area (Å²) in [5, 5.41) is 2.05. The van der Waals surface area contributed by atoms with Gasteiger partial charge in [-0.1, -0.05) is 11.6 Å². The van der Waals surface area contributed by atoms with Crippen molar-refractivity contribution in [3.8, 4) is 0 Å². The molecule has 4 rings (SSSR count). The van der Waals surface area contributed by atoms with Crippen LogP contribution in [0.1, 0.15) is 23.3 Å². The second-order valence-corrected chi connectivity index (χ2v) is 11.0. The zero-order valence-electron chi connectivity index (χ0n) is 13.4. The van der Waals surface area contributed by atoms with E-state index in [-0.39, 0.29) is 10.1 Å². The van der Waals surface area contributed by atoms with Crippen LogP contribution in [-0.2, 0) is 27.8 Å². The first-order chi connectivity index (χ1) is 12.0. The maximum absolute atomic E-state index is 13.0. The smallest absolute Gasteiger partial charge is 0.253 e. The summed E-state index contributed by atoms with van der Waals surface area (Å²) in [6, 6.07) is 4.54. The van der Waals surface area contributed by atoms with Gasteiger partial charge < -0.3 is 4.90 Å². The highest BCUT2D eigenvalue weighted by Gasteiger charge is 2.42. The van der Waals surface area contributed by atoms with Crippen molar-refractivity contribution in [2.75, 3.05) is 13.1 Å². The first kappa shape index (κ1) is 17.5. The third-order valence-corrected chi connectivity index (χ3v) is 9.35. The maximum Gasteiger partial charge on any atom is 0.253 e. The molecular weight excluding hydrogens is 400 g/mol. The Balaban J connectivity index is 1.56. The molecule has 0 aliphatic carbocycles. The van der Waals surface area contributed by atoms with E-state index in [1.165, 1.54) is 20.8 Å². The van der Waals surface area contributed by atoms with Gasteiger partial charge in [-0.2, -0.15) is 4.31 Å². The molecule has 0 bridgehead atoms. The molecule has 2 aliphatic heterocycles. The maximum atomic E-state index is 13.0. The van der Waals surface area contributed by atoms with Gasteiger partial charge in [-0.3, -0.25) is 4.79 Å². The van der Waals surface area contributed by atoms with Crippen LogP contribution < -0.4 is 0 Å². The van der Waals surface area contributed by atoms with Crippen LogP contribution in [0, 0.1) is 0 Å². The first-order valence-electron chi connectivity index (χ1n) is 8.08. The highest BCUT2D eigenvalue weighted by molar-refractivity contribution is 7.91. The number of halogens is 1. The molecule has 0 N–H and O–H groups in total. The summed E-state index contributed by atoms with van der Waals surface area (Å²) >= 11 is 8.65. The quantitative estimate of drug-likeness (QED) is 0.771. The zero-order chi connectivity index (χ0) is 17.6. The molecule has 2 aromatic heterocycles. The molecule has 2 aromatic rings. The molecule has 25 heavy (non-hydrogen) atoms. The van der Waals surface area contributed by atoms with Gasteiger partial charge in [0.05, 0.1) is 4.34 Å². The van der Waals surface area contributed by atoms with Gasteiger partial charge in [0.25, 0.3) is 10.0 Å². The zero-order valence-corrected chi connectivity index (χ0v) is 16.6. The molecule has 0 saturated carbocycles. The van der Waals surface area contributed by atoms with Crippen LogP contribution in [-0.4, -0.2) is 42.7 Å². The van der Waals surface area contributed by atoms with Gasteiger partial charge in [0, 0.05) is 24.5 Å². The Morgan fingerprint density at radius 1 is 1.24 bits per heavy atom. The molecule has 134 valence electrons. The van der Waals surface area contributed by atoms with Gasteiger partial charge in [-0.05, 0) is 48.4 Å². The number of nitrogens with zero attached hydrogens (tertiary/aromatic N) is 2. The Morgan fingerprint density at radius 3 is 2.84 bits per heavy atom. The molecule has 1 unspecified atom stereocenters. The van der Waals surface area contributed by atoms with Gasteiger partial charge in [-0.25, -0.2) is 8.42 Å². The number of carbonyl (C=O) groups excluding carboxylic acids is 1. The third-order valence-electron chi connectivity index (χ3n) is 4.72. The number of hydrogen-bond acceptors (Lipinski definition) is 5. The average molecular weight is 417 g/mol. The molecule has 0 radical (unpaired) electrons. The number of hydrogen-bond donors (Lipinski definition) is 0. The number of sulfonamides is 1. The molecule has 1 fully saturated rings. The summed E-state index contributed by atoms with van der Waals surface area (Å²) in [7, 11) is -3.68. The number of rotatable bonds is 3. The van der Waals surface area contributed by atoms with Crippen molar-refractivity contribution in [3.05, 3.63) is 38.4 Å². The second kappa shape index (κ2) is 6.66. The average Bonchev–Trinajstić information content (AvgIpc) is 3.33. The lowest BCUT2D eigenvalue weighted by Crippen LogP contribution is -2.48. The molecular formula is C16H17ClN2O3S3. The van der Waals surface area contributed by atoms with Crippen LogP contribution in [0.15, 0.2) is 27.8 Å². The van der Waals surface area contributed by atoms with E-state index in [9.17, 15) is 13.2 Å². The van der Waals surface area contributed by atoms with Crippen molar-refractivity contribution in [3.63, 3.8) is 0 Å². The van der Waals surface area contributed by atoms with Crippen molar-refractivity contribution in [2.24, 2.45) is 0 Å². The predicted octanol–water partition coefficient (Wildman–Crippen LogP) is 3.20. The Labute approximate surface area is 159 Å². The number of carbonyl (C=O) groups is 1. The predicted molar refractivity (Wildman–Crippen MR) is 99.7 cm³/mol. The fourth-order valence-corrected chi connectivity index (χ4v) is 7.63. The Morgan fingerprint density at radius 2 is 2.08 bits per heavy atom. The van der Waals surface area contributed by atoms with Gasteiger partial charge in [0.2, 0.25) is 5.91 Å². The third kappa shape index (κ3) is 3.14. The SMILES string of the molecule is O=C(C1CCCN1S(=O)(=O)c1ccc(Cl)s1)N1CCc2sccc2C1.